The van der Waals surface area contributed by atoms with Gasteiger partial charge in [-0.1, -0.05) is 48.0 Å². The van der Waals surface area contributed by atoms with Gasteiger partial charge in [-0.2, -0.15) is 0 Å². The number of carbonyl (C=O) groups is 1. The van der Waals surface area contributed by atoms with Gasteiger partial charge in [-0.3, -0.25) is 14.9 Å². The minimum Gasteiger partial charge on any atom is -0.366 e. The van der Waals surface area contributed by atoms with Crippen molar-refractivity contribution in [3.63, 3.8) is 0 Å². The van der Waals surface area contributed by atoms with Crippen molar-refractivity contribution < 1.29 is 14.8 Å². The minimum absolute atomic E-state index is 0.115. The van der Waals surface area contributed by atoms with Crippen LogP contribution in [0.15, 0.2) is 60.0 Å². The van der Waals surface area contributed by atoms with Crippen LogP contribution >= 0.6 is 11.6 Å². The molecule has 2 heterocycles. The number of aliphatic hydroxyl groups is 1. The summed E-state index contributed by atoms with van der Waals surface area (Å²) in [5.41, 5.74) is -0.349. The van der Waals surface area contributed by atoms with Crippen LogP contribution in [0.4, 0.5) is 0 Å². The van der Waals surface area contributed by atoms with Gasteiger partial charge in [0.05, 0.1) is 16.8 Å². The number of rotatable bonds is 2. The van der Waals surface area contributed by atoms with E-state index < -0.39 is 22.5 Å². The summed E-state index contributed by atoms with van der Waals surface area (Å²) in [7, 11) is 0. The van der Waals surface area contributed by atoms with Crippen molar-refractivity contribution in [3.8, 4) is 0 Å². The second-order valence-electron chi connectivity index (χ2n) is 7.22. The molecule has 0 spiro atoms. The van der Waals surface area contributed by atoms with E-state index in [4.69, 9.17) is 11.6 Å². The number of benzene rings is 2. The van der Waals surface area contributed by atoms with Crippen molar-refractivity contribution in [2.75, 3.05) is 13.1 Å². The standard InChI is InChI=1S/C20H16ClN3O4/c21-12-5-3-4-11(10-12)15-16-18(25)13-6-1-2-7-14(13)20(16,26)23-9-8-22-19(23)17(15)24(27)28/h1-7,10,15-16,22,26H,8-9H2/t15-,16+,20+/m1/s1. The number of carbonyl (C=O) groups excluding carboxylic acids is 1. The van der Waals surface area contributed by atoms with Crippen LogP contribution in [0.25, 0.3) is 0 Å². The van der Waals surface area contributed by atoms with Gasteiger partial charge in [-0.25, -0.2) is 0 Å². The Labute approximate surface area is 165 Å². The third-order valence-corrected chi connectivity index (χ3v) is 6.12. The Balaban J connectivity index is 1.84. The molecule has 0 amide bonds. The number of ketones is 1. The summed E-state index contributed by atoms with van der Waals surface area (Å²) in [5.74, 6) is -2.01. The SMILES string of the molecule is O=C1c2ccccc2[C@]2(O)[C@H]1[C@@H](c1cccc(Cl)c1)C([N+](=O)[O-])=C1NCCN12. The number of hydrogen-bond donors (Lipinski definition) is 2. The second kappa shape index (κ2) is 5.80. The summed E-state index contributed by atoms with van der Waals surface area (Å²) >= 11 is 6.15. The van der Waals surface area contributed by atoms with Crippen LogP contribution in [0.2, 0.25) is 5.02 Å². The van der Waals surface area contributed by atoms with Crippen LogP contribution in [-0.4, -0.2) is 33.8 Å². The molecule has 0 saturated carbocycles. The van der Waals surface area contributed by atoms with Gasteiger partial charge >= 0.3 is 0 Å². The maximum Gasteiger partial charge on any atom is 0.294 e. The molecule has 0 aromatic heterocycles. The zero-order chi connectivity index (χ0) is 19.6. The summed E-state index contributed by atoms with van der Waals surface area (Å²) in [4.78, 5) is 26.6. The Morgan fingerprint density at radius 1 is 1.25 bits per heavy atom. The Kier molecular flexibility index (Phi) is 3.56. The highest BCUT2D eigenvalue weighted by atomic mass is 35.5. The van der Waals surface area contributed by atoms with Gasteiger partial charge < -0.3 is 15.3 Å². The number of allylic oxidation sites excluding steroid dienone is 1. The molecule has 3 aliphatic rings. The predicted molar refractivity (Wildman–Crippen MR) is 101 cm³/mol. The van der Waals surface area contributed by atoms with Crippen LogP contribution in [0.1, 0.15) is 27.4 Å². The zero-order valence-electron chi connectivity index (χ0n) is 14.6. The Morgan fingerprint density at radius 3 is 2.79 bits per heavy atom. The van der Waals surface area contributed by atoms with Crippen LogP contribution in [0, 0.1) is 16.0 Å². The lowest BCUT2D eigenvalue weighted by Gasteiger charge is -2.45. The number of Topliss-reactive ketones (excluding diaryl/α,β-unsaturated/α-hetero) is 1. The molecule has 2 N–H and O–H groups in total. The first-order chi connectivity index (χ1) is 13.4. The molecular formula is C20H16ClN3O4. The third kappa shape index (κ3) is 2.05. The van der Waals surface area contributed by atoms with E-state index in [-0.39, 0.29) is 17.3 Å². The Morgan fingerprint density at radius 2 is 2.04 bits per heavy atom. The van der Waals surface area contributed by atoms with Gasteiger partial charge in [0.1, 0.15) is 0 Å². The molecule has 2 aromatic carbocycles. The highest BCUT2D eigenvalue weighted by Crippen LogP contribution is 2.57. The molecule has 7 nitrogen and oxygen atoms in total. The molecule has 2 aliphatic heterocycles. The van der Waals surface area contributed by atoms with Crippen molar-refractivity contribution in [3.05, 3.63) is 91.9 Å². The molecule has 28 heavy (non-hydrogen) atoms. The Bertz CT molecular complexity index is 1070. The van der Waals surface area contributed by atoms with E-state index in [1.807, 2.05) is 0 Å². The molecule has 1 aliphatic carbocycles. The maximum absolute atomic E-state index is 13.4. The number of nitrogens with one attached hydrogen (secondary N) is 1. The number of nitrogens with zero attached hydrogens (tertiary/aromatic N) is 2. The molecule has 1 saturated heterocycles. The average molecular weight is 398 g/mol. The van der Waals surface area contributed by atoms with E-state index in [2.05, 4.69) is 5.32 Å². The van der Waals surface area contributed by atoms with Gasteiger partial charge in [-0.05, 0) is 17.7 Å². The van der Waals surface area contributed by atoms with Crippen molar-refractivity contribution in [2.24, 2.45) is 5.92 Å². The van der Waals surface area contributed by atoms with E-state index in [1.165, 1.54) is 0 Å². The van der Waals surface area contributed by atoms with Gasteiger partial charge in [0.15, 0.2) is 17.3 Å². The summed E-state index contributed by atoms with van der Waals surface area (Å²) in [6.07, 6.45) is 0. The zero-order valence-corrected chi connectivity index (χ0v) is 15.4. The van der Waals surface area contributed by atoms with Gasteiger partial charge in [-0.15, -0.1) is 0 Å². The lowest BCUT2D eigenvalue weighted by Crippen LogP contribution is -2.55. The normalized spacial score (nSPS) is 27.9. The lowest BCUT2D eigenvalue weighted by atomic mass is 9.74. The summed E-state index contributed by atoms with van der Waals surface area (Å²) in [5, 5.41) is 27.4. The van der Waals surface area contributed by atoms with E-state index >= 15 is 0 Å². The predicted octanol–water partition coefficient (Wildman–Crippen LogP) is 2.45. The first kappa shape index (κ1) is 17.2. The molecule has 8 heteroatoms. The summed E-state index contributed by atoms with van der Waals surface area (Å²) in [6.45, 7) is 0.809. The summed E-state index contributed by atoms with van der Waals surface area (Å²) < 4.78 is 0. The van der Waals surface area contributed by atoms with Gasteiger partial charge in [0.25, 0.3) is 5.70 Å². The van der Waals surface area contributed by atoms with Gasteiger partial charge in [0.2, 0.25) is 0 Å². The van der Waals surface area contributed by atoms with Crippen LogP contribution in [-0.2, 0) is 5.72 Å². The van der Waals surface area contributed by atoms with E-state index in [9.17, 15) is 20.0 Å². The first-order valence-corrected chi connectivity index (χ1v) is 9.34. The fourth-order valence-corrected chi connectivity index (χ4v) is 5.05. The highest BCUT2D eigenvalue weighted by Gasteiger charge is 2.65. The lowest BCUT2D eigenvalue weighted by molar-refractivity contribution is -0.438. The van der Waals surface area contributed by atoms with E-state index in [1.54, 1.807) is 53.4 Å². The molecule has 0 unspecified atom stereocenters. The number of hydrogen-bond acceptors (Lipinski definition) is 6. The maximum atomic E-state index is 13.4. The molecule has 2 aromatic rings. The van der Waals surface area contributed by atoms with E-state index in [0.29, 0.717) is 34.8 Å². The van der Waals surface area contributed by atoms with Crippen LogP contribution in [0.5, 0.6) is 0 Å². The van der Waals surface area contributed by atoms with Crippen molar-refractivity contribution in [2.45, 2.75) is 11.6 Å². The molecule has 0 bridgehead atoms. The smallest absolute Gasteiger partial charge is 0.294 e. The Hall–Kier alpha value is -2.90. The molecule has 5 rings (SSSR count). The molecule has 3 atom stereocenters. The number of nitro groups is 1. The van der Waals surface area contributed by atoms with Crippen LogP contribution in [0.3, 0.4) is 0 Å². The third-order valence-electron chi connectivity index (χ3n) is 5.89. The van der Waals surface area contributed by atoms with E-state index in [0.717, 1.165) is 0 Å². The monoisotopic (exact) mass is 397 g/mol. The molecule has 142 valence electrons. The topological polar surface area (TPSA) is 95.7 Å². The fourth-order valence-electron chi connectivity index (χ4n) is 4.85. The van der Waals surface area contributed by atoms with Crippen LogP contribution < -0.4 is 5.32 Å². The second-order valence-corrected chi connectivity index (χ2v) is 7.65. The molecular weight excluding hydrogens is 382 g/mol. The minimum atomic E-state index is -1.65. The highest BCUT2D eigenvalue weighted by molar-refractivity contribution is 6.30. The fraction of sp³-hybridized carbons (Fsp3) is 0.250. The van der Waals surface area contributed by atoms with Crippen molar-refractivity contribution >= 4 is 17.4 Å². The summed E-state index contributed by atoms with van der Waals surface area (Å²) in [6, 6.07) is 13.6. The average Bonchev–Trinajstić information content (AvgIpc) is 3.24. The quantitative estimate of drug-likeness (QED) is 0.597. The van der Waals surface area contributed by atoms with Crippen molar-refractivity contribution in [1.29, 1.82) is 0 Å². The number of fused-ring (bicyclic) bond motifs is 5. The molecule has 1 fully saturated rings. The molecule has 0 radical (unpaired) electrons. The first-order valence-electron chi connectivity index (χ1n) is 8.96. The van der Waals surface area contributed by atoms with Gasteiger partial charge in [0, 0.05) is 29.2 Å². The number of halogens is 1. The largest absolute Gasteiger partial charge is 0.366 e. The van der Waals surface area contributed by atoms with Crippen molar-refractivity contribution in [1.82, 2.24) is 10.2 Å².